The van der Waals surface area contributed by atoms with Crippen molar-refractivity contribution in [3.63, 3.8) is 0 Å². The number of aromatic nitrogens is 5. The molecule has 0 spiro atoms. The smallest absolute Gasteiger partial charge is 0.257 e. The van der Waals surface area contributed by atoms with Crippen LogP contribution in [0.15, 0.2) is 28.8 Å². The van der Waals surface area contributed by atoms with Gasteiger partial charge in [-0.25, -0.2) is 4.68 Å². The Kier molecular flexibility index (Phi) is 3.96. The van der Waals surface area contributed by atoms with Crippen molar-refractivity contribution >= 4 is 17.5 Å². The minimum absolute atomic E-state index is 0.231. The number of benzene rings is 1. The van der Waals surface area contributed by atoms with E-state index >= 15 is 0 Å². The summed E-state index contributed by atoms with van der Waals surface area (Å²) in [7, 11) is 0. The summed E-state index contributed by atoms with van der Waals surface area (Å²) < 4.78 is 6.98. The lowest BCUT2D eigenvalue weighted by atomic mass is 10.1. The zero-order valence-corrected chi connectivity index (χ0v) is 14.2. The summed E-state index contributed by atoms with van der Waals surface area (Å²) in [4.78, 5) is 12.7. The summed E-state index contributed by atoms with van der Waals surface area (Å²) in [6, 6.07) is 7.53. The van der Waals surface area contributed by atoms with Crippen molar-refractivity contribution in [1.29, 1.82) is 0 Å². The number of aryl methyl sites for hydroxylation is 1. The molecular formula is C16H15ClN6O2. The third kappa shape index (κ3) is 3.00. The maximum absolute atomic E-state index is 12.7. The predicted octanol–water partition coefficient (Wildman–Crippen LogP) is 2.55. The first-order chi connectivity index (χ1) is 12.1. The minimum Gasteiger partial charge on any atom is -0.360 e. The van der Waals surface area contributed by atoms with Gasteiger partial charge in [0.05, 0.1) is 17.6 Å². The molecule has 4 rings (SSSR count). The SMILES string of the molecule is Cc1onc(-c2ccccc2Cl)c1C(=O)NCc1nnnn1C1CC1. The molecule has 2 heterocycles. The molecule has 25 heavy (non-hydrogen) atoms. The summed E-state index contributed by atoms with van der Waals surface area (Å²) in [5, 5.41) is 19.0. The third-order valence-corrected chi connectivity index (χ3v) is 4.41. The van der Waals surface area contributed by atoms with Crippen LogP contribution in [-0.4, -0.2) is 31.3 Å². The molecule has 1 N–H and O–H groups in total. The van der Waals surface area contributed by atoms with Crippen LogP contribution in [-0.2, 0) is 6.54 Å². The van der Waals surface area contributed by atoms with Crippen LogP contribution >= 0.6 is 11.6 Å². The largest absolute Gasteiger partial charge is 0.360 e. The number of nitrogens with one attached hydrogen (secondary N) is 1. The van der Waals surface area contributed by atoms with Crippen LogP contribution < -0.4 is 5.32 Å². The average Bonchev–Trinajstić information content (AvgIpc) is 3.22. The molecule has 0 unspecified atom stereocenters. The lowest BCUT2D eigenvalue weighted by molar-refractivity contribution is 0.0948. The molecule has 0 saturated heterocycles. The molecule has 2 aromatic heterocycles. The van der Waals surface area contributed by atoms with Crippen LogP contribution in [0.4, 0.5) is 0 Å². The van der Waals surface area contributed by atoms with Crippen molar-refractivity contribution < 1.29 is 9.32 Å². The molecule has 8 nitrogen and oxygen atoms in total. The van der Waals surface area contributed by atoms with E-state index in [1.54, 1.807) is 23.7 Å². The predicted molar refractivity (Wildman–Crippen MR) is 88.9 cm³/mol. The fraction of sp³-hybridized carbons (Fsp3) is 0.312. The van der Waals surface area contributed by atoms with Gasteiger partial charge in [0.2, 0.25) is 0 Å². The number of nitrogens with zero attached hydrogens (tertiary/aromatic N) is 5. The van der Waals surface area contributed by atoms with Gasteiger partial charge in [0.1, 0.15) is 17.0 Å². The Hall–Kier alpha value is -2.74. The molecule has 1 saturated carbocycles. The Bertz CT molecular complexity index is 930. The normalized spacial score (nSPS) is 13.8. The average molecular weight is 359 g/mol. The first kappa shape index (κ1) is 15.8. The van der Waals surface area contributed by atoms with Gasteiger partial charge in [-0.3, -0.25) is 4.79 Å². The number of amides is 1. The molecule has 1 aromatic carbocycles. The number of hydrogen-bond donors (Lipinski definition) is 1. The molecule has 1 fully saturated rings. The van der Waals surface area contributed by atoms with E-state index in [0.717, 1.165) is 12.8 Å². The number of carbonyl (C=O) groups is 1. The zero-order chi connectivity index (χ0) is 17.4. The van der Waals surface area contributed by atoms with Crippen molar-refractivity contribution in [2.24, 2.45) is 0 Å². The highest BCUT2D eigenvalue weighted by Gasteiger charge is 2.28. The third-order valence-electron chi connectivity index (χ3n) is 4.08. The maximum Gasteiger partial charge on any atom is 0.257 e. The molecule has 1 aliphatic carbocycles. The second-order valence-corrected chi connectivity index (χ2v) is 6.30. The highest BCUT2D eigenvalue weighted by Crippen LogP contribution is 2.34. The molecule has 1 amide bonds. The van der Waals surface area contributed by atoms with E-state index in [2.05, 4.69) is 26.0 Å². The van der Waals surface area contributed by atoms with Crippen molar-refractivity contribution in [3.05, 3.63) is 46.4 Å². The number of hydrogen-bond acceptors (Lipinski definition) is 6. The number of tetrazole rings is 1. The lowest BCUT2D eigenvalue weighted by Crippen LogP contribution is -2.25. The highest BCUT2D eigenvalue weighted by molar-refractivity contribution is 6.33. The summed E-state index contributed by atoms with van der Waals surface area (Å²) in [6.07, 6.45) is 2.13. The zero-order valence-electron chi connectivity index (χ0n) is 13.4. The monoisotopic (exact) mass is 358 g/mol. The van der Waals surface area contributed by atoms with Gasteiger partial charge in [0.25, 0.3) is 5.91 Å². The van der Waals surface area contributed by atoms with Crippen molar-refractivity contribution in [2.45, 2.75) is 32.4 Å². The van der Waals surface area contributed by atoms with Crippen LogP contribution in [0.2, 0.25) is 5.02 Å². The number of carbonyl (C=O) groups excluding carboxylic acids is 1. The second kappa shape index (κ2) is 6.29. The topological polar surface area (TPSA) is 98.7 Å². The van der Waals surface area contributed by atoms with Crippen molar-refractivity contribution in [3.8, 4) is 11.3 Å². The van der Waals surface area contributed by atoms with E-state index in [1.807, 2.05) is 12.1 Å². The number of halogens is 1. The Balaban J connectivity index is 1.57. The molecule has 128 valence electrons. The summed E-state index contributed by atoms with van der Waals surface area (Å²) >= 11 is 6.22. The molecule has 0 atom stereocenters. The first-order valence-electron chi connectivity index (χ1n) is 7.91. The Labute approximate surface area is 148 Å². The maximum atomic E-state index is 12.7. The molecule has 1 aliphatic rings. The van der Waals surface area contributed by atoms with Gasteiger partial charge < -0.3 is 9.84 Å². The Morgan fingerprint density at radius 2 is 2.20 bits per heavy atom. The Morgan fingerprint density at radius 3 is 2.96 bits per heavy atom. The molecule has 0 radical (unpaired) electrons. The van der Waals surface area contributed by atoms with E-state index in [-0.39, 0.29) is 12.5 Å². The fourth-order valence-electron chi connectivity index (χ4n) is 2.66. The fourth-order valence-corrected chi connectivity index (χ4v) is 2.88. The van der Waals surface area contributed by atoms with Crippen LogP contribution in [0.3, 0.4) is 0 Å². The first-order valence-corrected chi connectivity index (χ1v) is 8.29. The minimum atomic E-state index is -0.306. The van der Waals surface area contributed by atoms with E-state index in [9.17, 15) is 4.79 Å². The van der Waals surface area contributed by atoms with E-state index in [4.69, 9.17) is 16.1 Å². The van der Waals surface area contributed by atoms with Gasteiger partial charge >= 0.3 is 0 Å². The van der Waals surface area contributed by atoms with Crippen LogP contribution in [0.5, 0.6) is 0 Å². The van der Waals surface area contributed by atoms with Crippen LogP contribution in [0, 0.1) is 6.92 Å². The van der Waals surface area contributed by atoms with Gasteiger partial charge in [0.15, 0.2) is 5.82 Å². The van der Waals surface area contributed by atoms with Gasteiger partial charge in [-0.05, 0) is 36.3 Å². The Morgan fingerprint density at radius 1 is 1.40 bits per heavy atom. The van der Waals surface area contributed by atoms with Crippen LogP contribution in [0.25, 0.3) is 11.3 Å². The quantitative estimate of drug-likeness (QED) is 0.752. The van der Waals surface area contributed by atoms with Gasteiger partial charge in [-0.2, -0.15) is 0 Å². The van der Waals surface area contributed by atoms with E-state index < -0.39 is 0 Å². The van der Waals surface area contributed by atoms with E-state index in [1.165, 1.54) is 0 Å². The number of rotatable bonds is 5. The molecular weight excluding hydrogens is 344 g/mol. The van der Waals surface area contributed by atoms with Gasteiger partial charge in [-0.15, -0.1) is 5.10 Å². The van der Waals surface area contributed by atoms with E-state index in [0.29, 0.717) is 39.5 Å². The molecule has 0 bridgehead atoms. The van der Waals surface area contributed by atoms with Crippen molar-refractivity contribution in [1.82, 2.24) is 30.7 Å². The molecule has 0 aliphatic heterocycles. The van der Waals surface area contributed by atoms with Gasteiger partial charge in [0, 0.05) is 5.56 Å². The molecule has 3 aromatic rings. The standard InChI is InChI=1S/C16H15ClN6O2/c1-9-14(15(20-25-9)11-4-2-3-5-12(11)17)16(24)18-8-13-19-21-22-23(13)10-6-7-10/h2-5,10H,6-8H2,1H3,(H,18,24). The summed E-state index contributed by atoms with van der Waals surface area (Å²) in [6.45, 7) is 1.92. The van der Waals surface area contributed by atoms with Crippen LogP contribution in [0.1, 0.15) is 40.8 Å². The molecule has 9 heteroatoms. The van der Waals surface area contributed by atoms with Crippen molar-refractivity contribution in [2.75, 3.05) is 0 Å². The second-order valence-electron chi connectivity index (χ2n) is 5.90. The lowest BCUT2D eigenvalue weighted by Gasteiger charge is -2.07. The highest BCUT2D eigenvalue weighted by atomic mass is 35.5. The summed E-state index contributed by atoms with van der Waals surface area (Å²) in [5.41, 5.74) is 1.43. The summed E-state index contributed by atoms with van der Waals surface area (Å²) in [5.74, 6) is 0.748. The van der Waals surface area contributed by atoms with Gasteiger partial charge in [-0.1, -0.05) is 35.0 Å².